The highest BCUT2D eigenvalue weighted by atomic mass is 35.5. The van der Waals surface area contributed by atoms with Gasteiger partial charge < -0.3 is 4.90 Å². The Morgan fingerprint density at radius 3 is 3.07 bits per heavy atom. The molecule has 0 saturated carbocycles. The Balaban J connectivity index is 1.64. The van der Waals surface area contributed by atoms with Gasteiger partial charge in [0.2, 0.25) is 0 Å². The highest BCUT2D eigenvalue weighted by Crippen LogP contribution is 2.29. The van der Waals surface area contributed by atoms with Crippen molar-refractivity contribution in [1.29, 1.82) is 0 Å². The molecular formula is C18H20ClN7O. The van der Waals surface area contributed by atoms with E-state index in [4.69, 9.17) is 11.6 Å². The van der Waals surface area contributed by atoms with E-state index in [2.05, 4.69) is 45.4 Å². The fraction of sp³-hybridized carbons (Fsp3) is 0.389. The van der Waals surface area contributed by atoms with Crippen molar-refractivity contribution >= 4 is 17.3 Å². The number of hydrogen-bond donors (Lipinski definition) is 1. The fourth-order valence-electron chi connectivity index (χ4n) is 3.60. The van der Waals surface area contributed by atoms with Crippen molar-refractivity contribution in [3.63, 3.8) is 0 Å². The van der Waals surface area contributed by atoms with Crippen molar-refractivity contribution in [2.24, 2.45) is 0 Å². The molecule has 1 aliphatic rings. The minimum atomic E-state index is -0.388. The number of anilines is 1. The van der Waals surface area contributed by atoms with Crippen LogP contribution in [0.15, 0.2) is 29.3 Å². The van der Waals surface area contributed by atoms with Crippen LogP contribution in [0.4, 0.5) is 5.69 Å². The summed E-state index contributed by atoms with van der Waals surface area (Å²) in [6, 6.07) is 4.11. The molecule has 0 fully saturated rings. The lowest BCUT2D eigenvalue weighted by Crippen LogP contribution is -2.33. The third kappa shape index (κ3) is 3.10. The molecule has 27 heavy (non-hydrogen) atoms. The molecular weight excluding hydrogens is 366 g/mol. The molecule has 1 aliphatic heterocycles. The molecule has 8 nitrogen and oxygen atoms in total. The van der Waals surface area contributed by atoms with Crippen molar-refractivity contribution in [3.8, 4) is 0 Å². The van der Waals surface area contributed by atoms with Crippen LogP contribution in [0.1, 0.15) is 42.5 Å². The molecule has 0 radical (unpaired) electrons. The molecule has 0 spiro atoms. The quantitative estimate of drug-likeness (QED) is 0.739. The van der Waals surface area contributed by atoms with Crippen LogP contribution in [-0.2, 0) is 19.4 Å². The van der Waals surface area contributed by atoms with Gasteiger partial charge in [-0.1, -0.05) is 29.8 Å². The number of aromatic nitrogens is 6. The van der Waals surface area contributed by atoms with Crippen LogP contribution in [0.3, 0.4) is 0 Å². The molecule has 0 amide bonds. The maximum Gasteiger partial charge on any atom is 0.285 e. The number of rotatable bonds is 4. The second-order valence-electron chi connectivity index (χ2n) is 6.57. The molecule has 3 aromatic heterocycles. The van der Waals surface area contributed by atoms with Crippen molar-refractivity contribution in [3.05, 3.63) is 62.5 Å². The molecule has 0 aliphatic carbocycles. The number of aromatic amines is 1. The van der Waals surface area contributed by atoms with Gasteiger partial charge in [-0.05, 0) is 25.0 Å². The molecule has 9 heteroatoms. The van der Waals surface area contributed by atoms with E-state index in [1.54, 1.807) is 6.20 Å². The maximum absolute atomic E-state index is 11.7. The van der Waals surface area contributed by atoms with Gasteiger partial charge in [-0.15, -0.1) is 5.10 Å². The zero-order valence-electron chi connectivity index (χ0n) is 15.2. The largest absolute Gasteiger partial charge is 0.362 e. The number of halogens is 1. The number of nitrogens with one attached hydrogen (secondary N) is 1. The molecule has 1 unspecified atom stereocenters. The average molecular weight is 386 g/mol. The summed E-state index contributed by atoms with van der Waals surface area (Å²) in [5.41, 5.74) is 4.48. The van der Waals surface area contributed by atoms with E-state index in [1.807, 2.05) is 21.8 Å². The van der Waals surface area contributed by atoms with Crippen LogP contribution in [-0.4, -0.2) is 36.7 Å². The van der Waals surface area contributed by atoms with Crippen LogP contribution in [0.2, 0.25) is 5.02 Å². The summed E-state index contributed by atoms with van der Waals surface area (Å²) in [6.45, 7) is 5.48. The van der Waals surface area contributed by atoms with Gasteiger partial charge in [0.15, 0.2) is 0 Å². The number of nitrogens with zero attached hydrogens (tertiary/aromatic N) is 6. The number of aryl methyl sites for hydroxylation is 1. The first-order valence-corrected chi connectivity index (χ1v) is 9.32. The minimum Gasteiger partial charge on any atom is -0.362 e. The van der Waals surface area contributed by atoms with Gasteiger partial charge >= 0.3 is 0 Å². The lowest BCUT2D eigenvalue weighted by Gasteiger charge is -2.29. The Bertz CT molecular complexity index is 1030. The van der Waals surface area contributed by atoms with Gasteiger partial charge in [0.1, 0.15) is 10.7 Å². The topological polar surface area (TPSA) is 92.6 Å². The maximum atomic E-state index is 11.7. The van der Waals surface area contributed by atoms with Crippen LogP contribution in [0.25, 0.3) is 0 Å². The second kappa shape index (κ2) is 7.11. The van der Waals surface area contributed by atoms with Crippen molar-refractivity contribution in [1.82, 2.24) is 30.2 Å². The summed E-state index contributed by atoms with van der Waals surface area (Å²) in [5.74, 6) is 0. The molecule has 0 saturated heterocycles. The van der Waals surface area contributed by atoms with E-state index in [-0.39, 0.29) is 16.6 Å². The molecule has 0 aromatic carbocycles. The predicted octanol–water partition coefficient (Wildman–Crippen LogP) is 2.14. The summed E-state index contributed by atoms with van der Waals surface area (Å²) < 4.78 is 1.99. The third-order valence-corrected chi connectivity index (χ3v) is 5.39. The van der Waals surface area contributed by atoms with Crippen LogP contribution < -0.4 is 10.5 Å². The van der Waals surface area contributed by atoms with Gasteiger partial charge in [-0.2, -0.15) is 5.10 Å². The smallest absolute Gasteiger partial charge is 0.285 e. The van der Waals surface area contributed by atoms with Gasteiger partial charge in [0.25, 0.3) is 5.56 Å². The normalized spacial score (nSPS) is 14.9. The minimum absolute atomic E-state index is 0.0567. The van der Waals surface area contributed by atoms with Crippen molar-refractivity contribution in [2.45, 2.75) is 39.3 Å². The van der Waals surface area contributed by atoms with E-state index in [0.29, 0.717) is 18.8 Å². The van der Waals surface area contributed by atoms with Crippen molar-refractivity contribution < 1.29 is 0 Å². The SMILES string of the molecule is CCc1ncccc1C(C)n1nnc2c1CCN(c1cn[nH]c(=O)c1Cl)C2. The Labute approximate surface area is 161 Å². The van der Waals surface area contributed by atoms with Gasteiger partial charge in [-0.3, -0.25) is 9.78 Å². The van der Waals surface area contributed by atoms with E-state index >= 15 is 0 Å². The lowest BCUT2D eigenvalue weighted by molar-refractivity contribution is 0.512. The summed E-state index contributed by atoms with van der Waals surface area (Å²) in [7, 11) is 0. The van der Waals surface area contributed by atoms with Crippen molar-refractivity contribution in [2.75, 3.05) is 11.4 Å². The first-order chi connectivity index (χ1) is 13.1. The first kappa shape index (κ1) is 17.7. The third-order valence-electron chi connectivity index (χ3n) is 5.03. The first-order valence-electron chi connectivity index (χ1n) is 8.95. The van der Waals surface area contributed by atoms with E-state index in [9.17, 15) is 4.79 Å². The number of fused-ring (bicyclic) bond motifs is 1. The van der Waals surface area contributed by atoms with Crippen LogP contribution in [0, 0.1) is 0 Å². The number of H-pyrrole nitrogens is 1. The average Bonchev–Trinajstić information content (AvgIpc) is 3.12. The molecule has 0 bridgehead atoms. The van der Waals surface area contributed by atoms with Gasteiger partial charge in [-0.25, -0.2) is 9.78 Å². The van der Waals surface area contributed by atoms with Crippen LogP contribution >= 0.6 is 11.6 Å². The van der Waals surface area contributed by atoms with E-state index in [1.165, 1.54) is 0 Å². The van der Waals surface area contributed by atoms with E-state index < -0.39 is 0 Å². The number of hydrogen-bond acceptors (Lipinski definition) is 6. The standard InChI is InChI=1S/C18H20ClN7O/c1-3-13-12(5-4-7-20-13)11(2)26-15-6-8-25(10-14(15)22-24-26)16-9-21-23-18(27)17(16)19/h4-5,7,9,11H,3,6,8,10H2,1-2H3,(H,23,27). The van der Waals surface area contributed by atoms with Gasteiger partial charge in [0, 0.05) is 24.9 Å². The zero-order valence-corrected chi connectivity index (χ0v) is 15.9. The summed E-state index contributed by atoms with van der Waals surface area (Å²) in [6.07, 6.45) is 5.03. The second-order valence-corrected chi connectivity index (χ2v) is 6.94. The fourth-order valence-corrected chi connectivity index (χ4v) is 3.81. The molecule has 4 rings (SSSR count). The Kier molecular flexibility index (Phi) is 4.65. The van der Waals surface area contributed by atoms with E-state index in [0.717, 1.165) is 35.5 Å². The summed E-state index contributed by atoms with van der Waals surface area (Å²) in [4.78, 5) is 18.2. The molecule has 1 atom stereocenters. The zero-order chi connectivity index (χ0) is 19.0. The lowest BCUT2D eigenvalue weighted by atomic mass is 10.0. The molecule has 1 N–H and O–H groups in total. The Morgan fingerprint density at radius 2 is 2.26 bits per heavy atom. The van der Waals surface area contributed by atoms with Gasteiger partial charge in [0.05, 0.1) is 30.2 Å². The highest BCUT2D eigenvalue weighted by Gasteiger charge is 2.27. The summed E-state index contributed by atoms with van der Waals surface area (Å²) >= 11 is 6.15. The molecule has 4 heterocycles. The Hall–Kier alpha value is -2.74. The highest BCUT2D eigenvalue weighted by molar-refractivity contribution is 6.32. The monoisotopic (exact) mass is 385 g/mol. The molecule has 140 valence electrons. The van der Waals surface area contributed by atoms with Crippen LogP contribution in [0.5, 0.6) is 0 Å². The summed E-state index contributed by atoms with van der Waals surface area (Å²) in [5, 5.41) is 15.2. The Morgan fingerprint density at radius 1 is 1.41 bits per heavy atom. The molecule has 3 aromatic rings. The predicted molar refractivity (Wildman–Crippen MR) is 102 cm³/mol. The number of pyridine rings is 1.